The van der Waals surface area contributed by atoms with E-state index in [1.165, 1.54) is 16.8 Å². The van der Waals surface area contributed by atoms with Crippen molar-refractivity contribution < 1.29 is 0 Å². The maximum Gasteiger partial charge on any atom is 0.156 e. The topological polar surface area (TPSA) is 55.0 Å². The first-order valence-electron chi connectivity index (χ1n) is 6.66. The molecule has 0 saturated heterocycles. The van der Waals surface area contributed by atoms with Gasteiger partial charge in [0.2, 0.25) is 0 Å². The normalized spacial score (nSPS) is 14.3. The summed E-state index contributed by atoms with van der Waals surface area (Å²) < 4.78 is 0. The molecule has 0 saturated carbocycles. The van der Waals surface area contributed by atoms with Gasteiger partial charge in [0.05, 0.1) is 5.69 Å². The van der Waals surface area contributed by atoms with Gasteiger partial charge in [-0.2, -0.15) is 0 Å². The molecule has 1 aromatic heterocycles. The van der Waals surface area contributed by atoms with E-state index < -0.39 is 0 Å². The Kier molecular flexibility index (Phi) is 3.17. The highest BCUT2D eigenvalue weighted by atomic mass is 15.2. The second-order valence-corrected chi connectivity index (χ2v) is 4.92. The number of fused-ring (bicyclic) bond motifs is 1. The number of nitrogens with zero attached hydrogens (tertiary/aromatic N) is 3. The maximum atomic E-state index is 5.77. The highest BCUT2D eigenvalue weighted by molar-refractivity contribution is 5.67. The molecule has 2 N–H and O–H groups in total. The van der Waals surface area contributed by atoms with E-state index in [4.69, 9.17) is 5.73 Å². The van der Waals surface area contributed by atoms with Crippen LogP contribution in [0.15, 0.2) is 30.6 Å². The van der Waals surface area contributed by atoms with Crippen LogP contribution >= 0.6 is 0 Å². The third kappa shape index (κ3) is 2.19. The Labute approximate surface area is 113 Å². The number of aromatic nitrogens is 2. The predicted octanol–water partition coefficient (Wildman–Crippen LogP) is 2.33. The van der Waals surface area contributed by atoms with E-state index in [1.807, 2.05) is 0 Å². The Bertz CT molecular complexity index is 594. The van der Waals surface area contributed by atoms with Crippen molar-refractivity contribution in [3.63, 3.8) is 0 Å². The van der Waals surface area contributed by atoms with Gasteiger partial charge >= 0.3 is 0 Å². The monoisotopic (exact) mass is 254 g/mol. The molecule has 1 aromatic carbocycles. The summed E-state index contributed by atoms with van der Waals surface area (Å²) in [6.45, 7) is 3.52. The van der Waals surface area contributed by atoms with E-state index in [0.717, 1.165) is 30.9 Å². The van der Waals surface area contributed by atoms with Crippen molar-refractivity contribution in [1.82, 2.24) is 9.97 Å². The molecule has 0 fully saturated rings. The van der Waals surface area contributed by atoms with Crippen LogP contribution in [0.5, 0.6) is 0 Å². The summed E-state index contributed by atoms with van der Waals surface area (Å²) in [6.07, 6.45) is 5.70. The molecular formula is C15H18N4. The quantitative estimate of drug-likeness (QED) is 0.893. The molecule has 0 bridgehead atoms. The fraction of sp³-hybridized carbons (Fsp3) is 0.333. The van der Waals surface area contributed by atoms with Gasteiger partial charge in [-0.1, -0.05) is 17.7 Å². The number of nitrogens with two attached hydrogens (primary N) is 1. The molecule has 19 heavy (non-hydrogen) atoms. The van der Waals surface area contributed by atoms with E-state index in [2.05, 4.69) is 40.0 Å². The zero-order chi connectivity index (χ0) is 13.2. The van der Waals surface area contributed by atoms with Gasteiger partial charge in [-0.3, -0.25) is 4.98 Å². The first-order valence-corrected chi connectivity index (χ1v) is 6.66. The standard InChI is InChI=1S/C15H18N4/c1-11-4-5-14-12(9-11)3-2-8-19(14)15-13(10-16)17-6-7-18-15/h4-7,9H,2-3,8,10,16H2,1H3. The molecule has 0 unspecified atom stereocenters. The van der Waals surface area contributed by atoms with Gasteiger partial charge in [0, 0.05) is 31.2 Å². The van der Waals surface area contributed by atoms with Crippen molar-refractivity contribution in [3.8, 4) is 0 Å². The smallest absolute Gasteiger partial charge is 0.156 e. The maximum absolute atomic E-state index is 5.77. The van der Waals surface area contributed by atoms with Crippen molar-refractivity contribution in [1.29, 1.82) is 0 Å². The van der Waals surface area contributed by atoms with Crippen molar-refractivity contribution in [2.24, 2.45) is 5.73 Å². The van der Waals surface area contributed by atoms with Gasteiger partial charge in [-0.05, 0) is 31.4 Å². The first kappa shape index (κ1) is 12.1. The van der Waals surface area contributed by atoms with Gasteiger partial charge in [0.25, 0.3) is 0 Å². The van der Waals surface area contributed by atoms with Crippen molar-refractivity contribution in [3.05, 3.63) is 47.4 Å². The molecule has 3 rings (SSSR count). The Morgan fingerprint density at radius 3 is 2.95 bits per heavy atom. The molecule has 0 amide bonds. The van der Waals surface area contributed by atoms with Crippen LogP contribution in [0.3, 0.4) is 0 Å². The lowest BCUT2D eigenvalue weighted by atomic mass is 9.99. The second-order valence-electron chi connectivity index (χ2n) is 4.92. The summed E-state index contributed by atoms with van der Waals surface area (Å²) in [5.41, 5.74) is 10.6. The largest absolute Gasteiger partial charge is 0.325 e. The van der Waals surface area contributed by atoms with E-state index >= 15 is 0 Å². The number of hydrogen-bond donors (Lipinski definition) is 1. The summed E-state index contributed by atoms with van der Waals surface area (Å²) in [5, 5.41) is 0. The first-order chi connectivity index (χ1) is 9.29. The number of hydrogen-bond acceptors (Lipinski definition) is 4. The predicted molar refractivity (Wildman–Crippen MR) is 76.4 cm³/mol. The zero-order valence-electron chi connectivity index (χ0n) is 11.1. The second kappa shape index (κ2) is 4.97. The molecule has 4 heteroatoms. The Morgan fingerprint density at radius 1 is 1.26 bits per heavy atom. The van der Waals surface area contributed by atoms with Gasteiger partial charge in [0.1, 0.15) is 0 Å². The molecular weight excluding hydrogens is 236 g/mol. The Balaban J connectivity index is 2.08. The van der Waals surface area contributed by atoms with Crippen molar-refractivity contribution in [2.75, 3.05) is 11.4 Å². The van der Waals surface area contributed by atoms with Crippen LogP contribution in [0.2, 0.25) is 0 Å². The van der Waals surface area contributed by atoms with Crippen LogP contribution in [-0.4, -0.2) is 16.5 Å². The lowest BCUT2D eigenvalue weighted by molar-refractivity contribution is 0.750. The fourth-order valence-corrected chi connectivity index (χ4v) is 2.67. The average Bonchev–Trinajstić information content (AvgIpc) is 2.46. The molecule has 98 valence electrons. The molecule has 4 nitrogen and oxygen atoms in total. The molecule has 1 aliphatic heterocycles. The lowest BCUT2D eigenvalue weighted by Gasteiger charge is -2.31. The lowest BCUT2D eigenvalue weighted by Crippen LogP contribution is -2.27. The number of anilines is 2. The fourth-order valence-electron chi connectivity index (χ4n) is 2.67. The molecule has 2 aromatic rings. The minimum absolute atomic E-state index is 0.418. The van der Waals surface area contributed by atoms with E-state index in [1.54, 1.807) is 12.4 Å². The molecule has 0 aliphatic carbocycles. The summed E-state index contributed by atoms with van der Waals surface area (Å²) in [7, 11) is 0. The Morgan fingerprint density at radius 2 is 2.11 bits per heavy atom. The number of rotatable bonds is 2. The van der Waals surface area contributed by atoms with E-state index in [9.17, 15) is 0 Å². The summed E-state index contributed by atoms with van der Waals surface area (Å²) >= 11 is 0. The minimum atomic E-state index is 0.418. The van der Waals surface area contributed by atoms with Crippen molar-refractivity contribution in [2.45, 2.75) is 26.3 Å². The summed E-state index contributed by atoms with van der Waals surface area (Å²) in [4.78, 5) is 11.1. The summed E-state index contributed by atoms with van der Waals surface area (Å²) in [5.74, 6) is 0.898. The molecule has 0 spiro atoms. The van der Waals surface area contributed by atoms with E-state index in [-0.39, 0.29) is 0 Å². The van der Waals surface area contributed by atoms with Crippen LogP contribution in [0.4, 0.5) is 11.5 Å². The van der Waals surface area contributed by atoms with E-state index in [0.29, 0.717) is 6.54 Å². The van der Waals surface area contributed by atoms with Gasteiger partial charge in [-0.15, -0.1) is 0 Å². The Hall–Kier alpha value is -1.94. The number of benzene rings is 1. The van der Waals surface area contributed by atoms with Gasteiger partial charge in [-0.25, -0.2) is 4.98 Å². The van der Waals surface area contributed by atoms with Crippen LogP contribution < -0.4 is 10.6 Å². The van der Waals surface area contributed by atoms with Gasteiger partial charge in [0.15, 0.2) is 5.82 Å². The highest BCUT2D eigenvalue weighted by Crippen LogP contribution is 2.33. The minimum Gasteiger partial charge on any atom is -0.325 e. The molecule has 1 aliphatic rings. The van der Waals surface area contributed by atoms with Crippen LogP contribution in [0, 0.1) is 6.92 Å². The van der Waals surface area contributed by atoms with Crippen LogP contribution in [0.25, 0.3) is 0 Å². The van der Waals surface area contributed by atoms with Crippen LogP contribution in [0.1, 0.15) is 23.2 Å². The van der Waals surface area contributed by atoms with Gasteiger partial charge < -0.3 is 10.6 Å². The number of aryl methyl sites for hydroxylation is 2. The summed E-state index contributed by atoms with van der Waals surface area (Å²) in [6, 6.07) is 6.59. The zero-order valence-corrected chi connectivity index (χ0v) is 11.1. The average molecular weight is 254 g/mol. The molecule has 0 radical (unpaired) electrons. The highest BCUT2D eigenvalue weighted by Gasteiger charge is 2.21. The SMILES string of the molecule is Cc1ccc2c(c1)CCCN2c1nccnc1CN. The molecule has 2 heterocycles. The third-order valence-electron chi connectivity index (χ3n) is 3.55. The molecule has 0 atom stereocenters. The van der Waals surface area contributed by atoms with Crippen LogP contribution in [-0.2, 0) is 13.0 Å². The third-order valence-corrected chi connectivity index (χ3v) is 3.55. The van der Waals surface area contributed by atoms with Crippen molar-refractivity contribution >= 4 is 11.5 Å².